The molecule has 0 amide bonds. The third kappa shape index (κ3) is 3.05. The van der Waals surface area contributed by atoms with E-state index >= 15 is 0 Å². The summed E-state index contributed by atoms with van der Waals surface area (Å²) in [6.07, 6.45) is 9.49. The number of nitrogens with zero attached hydrogens (tertiary/aromatic N) is 4. The first-order valence-electron chi connectivity index (χ1n) is 5.34. The quantitative estimate of drug-likeness (QED) is 0.803. The molecule has 1 aromatic rings. The molecule has 0 aliphatic heterocycles. The highest BCUT2D eigenvalue weighted by Crippen LogP contribution is 2.16. The standard InChI is InChI=1S/C12H15N5/c1-3-5-7-15-11(6-4-2)17-12(14)10(8-13)9-16-17/h3,5-7,9H,4,14H2,1-2H3/b5-3-,11-6-,15-7-. The van der Waals surface area contributed by atoms with E-state index in [2.05, 4.69) is 10.1 Å². The number of nitrogen functional groups attached to an aromatic ring is 1. The summed E-state index contributed by atoms with van der Waals surface area (Å²) in [7, 11) is 0. The smallest absolute Gasteiger partial charge is 0.151 e. The van der Waals surface area contributed by atoms with Gasteiger partial charge in [-0.3, -0.25) is 0 Å². The van der Waals surface area contributed by atoms with E-state index in [0.717, 1.165) is 6.42 Å². The lowest BCUT2D eigenvalue weighted by molar-refractivity contribution is 0.892. The number of nitriles is 1. The molecule has 17 heavy (non-hydrogen) atoms. The third-order valence-corrected chi connectivity index (χ3v) is 2.02. The summed E-state index contributed by atoms with van der Waals surface area (Å²) in [5.41, 5.74) is 6.15. The van der Waals surface area contributed by atoms with Crippen LogP contribution in [0.4, 0.5) is 5.82 Å². The Hall–Kier alpha value is -2.35. The molecule has 88 valence electrons. The van der Waals surface area contributed by atoms with Crippen molar-refractivity contribution in [1.29, 1.82) is 5.26 Å². The fraction of sp³-hybridized carbons (Fsp3) is 0.250. The number of aromatic nitrogens is 2. The van der Waals surface area contributed by atoms with Gasteiger partial charge in [-0.1, -0.05) is 13.0 Å². The number of hydrogen-bond donors (Lipinski definition) is 1. The SMILES string of the molecule is C\C=C/C=N\C(=C\CC)n1ncc(C#N)c1N. The topological polar surface area (TPSA) is 80.0 Å². The van der Waals surface area contributed by atoms with Gasteiger partial charge in [0.2, 0.25) is 0 Å². The first kappa shape index (κ1) is 12.7. The monoisotopic (exact) mass is 229 g/mol. The maximum Gasteiger partial charge on any atom is 0.151 e. The molecule has 2 N–H and O–H groups in total. The third-order valence-electron chi connectivity index (χ3n) is 2.02. The van der Waals surface area contributed by atoms with Crippen LogP contribution in [-0.2, 0) is 0 Å². The Morgan fingerprint density at radius 3 is 3.00 bits per heavy atom. The van der Waals surface area contributed by atoms with Gasteiger partial charge >= 0.3 is 0 Å². The van der Waals surface area contributed by atoms with Crippen LogP contribution in [0, 0.1) is 11.3 Å². The lowest BCUT2D eigenvalue weighted by Gasteiger charge is -2.03. The van der Waals surface area contributed by atoms with Crippen molar-refractivity contribution in [1.82, 2.24) is 9.78 Å². The number of aliphatic imine (C=N–C) groups is 1. The van der Waals surface area contributed by atoms with E-state index in [-0.39, 0.29) is 0 Å². The molecule has 0 atom stereocenters. The van der Waals surface area contributed by atoms with Gasteiger partial charge in [0.05, 0.1) is 6.20 Å². The van der Waals surface area contributed by atoms with Crippen LogP contribution in [0.1, 0.15) is 25.8 Å². The largest absolute Gasteiger partial charge is 0.382 e. The molecule has 1 rings (SSSR count). The van der Waals surface area contributed by atoms with Crippen LogP contribution in [-0.4, -0.2) is 16.0 Å². The number of nitrogens with two attached hydrogens (primary N) is 1. The fourth-order valence-corrected chi connectivity index (χ4v) is 1.21. The van der Waals surface area contributed by atoms with Crippen molar-refractivity contribution in [3.05, 3.63) is 30.0 Å². The summed E-state index contributed by atoms with van der Waals surface area (Å²) < 4.78 is 1.46. The number of hydrogen-bond acceptors (Lipinski definition) is 4. The van der Waals surface area contributed by atoms with Crippen LogP contribution >= 0.6 is 0 Å². The Morgan fingerprint density at radius 1 is 1.71 bits per heavy atom. The predicted octanol–water partition coefficient (Wildman–Crippen LogP) is 2.19. The lowest BCUT2D eigenvalue weighted by atomic mass is 10.3. The van der Waals surface area contributed by atoms with Gasteiger partial charge in [-0.05, 0) is 25.5 Å². The molecular formula is C12H15N5. The van der Waals surface area contributed by atoms with E-state index in [1.54, 1.807) is 6.21 Å². The second-order valence-corrected chi connectivity index (χ2v) is 3.24. The Labute approximate surface area is 101 Å². The van der Waals surface area contributed by atoms with Crippen LogP contribution in [0.3, 0.4) is 0 Å². The van der Waals surface area contributed by atoms with Crippen molar-refractivity contribution in [2.75, 3.05) is 5.73 Å². The average molecular weight is 229 g/mol. The van der Waals surface area contributed by atoms with Crippen molar-refractivity contribution in [2.24, 2.45) is 4.99 Å². The molecule has 0 aliphatic carbocycles. The highest BCUT2D eigenvalue weighted by Gasteiger charge is 2.08. The molecular weight excluding hydrogens is 214 g/mol. The van der Waals surface area contributed by atoms with Crippen molar-refractivity contribution in [3.63, 3.8) is 0 Å². The lowest BCUT2D eigenvalue weighted by Crippen LogP contribution is -2.03. The molecule has 0 radical (unpaired) electrons. The highest BCUT2D eigenvalue weighted by molar-refractivity contribution is 5.76. The Kier molecular flexibility index (Phi) is 4.70. The summed E-state index contributed by atoms with van der Waals surface area (Å²) >= 11 is 0. The molecule has 0 fully saturated rings. The summed E-state index contributed by atoms with van der Waals surface area (Å²) in [4.78, 5) is 4.24. The summed E-state index contributed by atoms with van der Waals surface area (Å²) in [6.45, 7) is 3.90. The van der Waals surface area contributed by atoms with Gasteiger partial charge in [0.1, 0.15) is 17.5 Å². The van der Waals surface area contributed by atoms with Gasteiger partial charge in [-0.15, -0.1) is 0 Å². The zero-order valence-electron chi connectivity index (χ0n) is 9.96. The zero-order valence-corrected chi connectivity index (χ0v) is 9.96. The zero-order chi connectivity index (χ0) is 12.7. The maximum absolute atomic E-state index is 8.81. The van der Waals surface area contributed by atoms with Crippen molar-refractivity contribution < 1.29 is 0 Å². The molecule has 0 aromatic carbocycles. The van der Waals surface area contributed by atoms with Gasteiger partial charge in [0, 0.05) is 6.21 Å². The van der Waals surface area contributed by atoms with E-state index in [9.17, 15) is 0 Å². The molecule has 0 saturated carbocycles. The van der Waals surface area contributed by atoms with E-state index in [0.29, 0.717) is 17.2 Å². The number of anilines is 1. The molecule has 0 bridgehead atoms. The summed E-state index contributed by atoms with van der Waals surface area (Å²) in [6, 6.07) is 1.98. The van der Waals surface area contributed by atoms with Gasteiger partial charge in [0.15, 0.2) is 5.82 Å². The van der Waals surface area contributed by atoms with E-state index in [1.807, 2.05) is 38.1 Å². The van der Waals surface area contributed by atoms with Crippen LogP contribution in [0.2, 0.25) is 0 Å². The minimum atomic E-state index is 0.310. The minimum absolute atomic E-state index is 0.310. The Morgan fingerprint density at radius 2 is 2.47 bits per heavy atom. The minimum Gasteiger partial charge on any atom is -0.382 e. The second kappa shape index (κ2) is 6.28. The van der Waals surface area contributed by atoms with Crippen LogP contribution in [0.25, 0.3) is 5.82 Å². The molecule has 0 aliphatic rings. The van der Waals surface area contributed by atoms with Crippen LogP contribution in [0.5, 0.6) is 0 Å². The molecule has 1 aromatic heterocycles. The number of rotatable bonds is 4. The van der Waals surface area contributed by atoms with Crippen molar-refractivity contribution in [2.45, 2.75) is 20.3 Å². The molecule has 5 heteroatoms. The van der Waals surface area contributed by atoms with Crippen molar-refractivity contribution in [3.8, 4) is 6.07 Å². The van der Waals surface area contributed by atoms with Crippen molar-refractivity contribution >= 4 is 17.9 Å². The normalized spacial score (nSPS) is 12.4. The summed E-state index contributed by atoms with van der Waals surface area (Å²) in [5, 5.41) is 12.9. The van der Waals surface area contributed by atoms with Gasteiger partial charge in [-0.2, -0.15) is 15.0 Å². The molecule has 1 heterocycles. The first-order chi connectivity index (χ1) is 8.24. The molecule has 0 saturated heterocycles. The molecule has 0 unspecified atom stereocenters. The second-order valence-electron chi connectivity index (χ2n) is 3.24. The van der Waals surface area contributed by atoms with Gasteiger partial charge in [-0.25, -0.2) is 4.99 Å². The predicted molar refractivity (Wildman–Crippen MR) is 69.2 cm³/mol. The van der Waals surface area contributed by atoms with Crippen LogP contribution in [0.15, 0.2) is 29.4 Å². The van der Waals surface area contributed by atoms with Gasteiger partial charge < -0.3 is 5.73 Å². The van der Waals surface area contributed by atoms with Crippen LogP contribution < -0.4 is 5.73 Å². The molecule has 0 spiro atoms. The van der Waals surface area contributed by atoms with Gasteiger partial charge in [0.25, 0.3) is 0 Å². The Bertz CT molecular complexity index is 499. The van der Waals surface area contributed by atoms with E-state index in [1.165, 1.54) is 10.9 Å². The average Bonchev–Trinajstić information content (AvgIpc) is 2.69. The first-order valence-corrected chi connectivity index (χ1v) is 5.34. The van der Waals surface area contributed by atoms with E-state index in [4.69, 9.17) is 11.0 Å². The maximum atomic E-state index is 8.81. The van der Waals surface area contributed by atoms with E-state index < -0.39 is 0 Å². The molecule has 5 nitrogen and oxygen atoms in total. The summed E-state index contributed by atoms with van der Waals surface area (Å²) in [5.74, 6) is 0.925. The Balaban J connectivity index is 3.11. The fourth-order valence-electron chi connectivity index (χ4n) is 1.21. The number of allylic oxidation sites excluding steroid dienone is 3. The highest BCUT2D eigenvalue weighted by atomic mass is 15.3.